The molecule has 0 aliphatic rings. The lowest BCUT2D eigenvalue weighted by Gasteiger charge is -2.16. The first kappa shape index (κ1) is 21.3. The average Bonchev–Trinajstić information content (AvgIpc) is 2.71. The smallest absolute Gasteiger partial charge is 0.191 e. The summed E-state index contributed by atoms with van der Waals surface area (Å²) in [7, 11) is 7.27. The summed E-state index contributed by atoms with van der Waals surface area (Å²) in [6.07, 6.45) is 2.65. The Bertz CT molecular complexity index is 777. The van der Waals surface area contributed by atoms with Gasteiger partial charge in [0.05, 0.1) is 20.8 Å². The zero-order valence-electron chi connectivity index (χ0n) is 17.5. The molecule has 2 N–H and O–H groups in total. The molecule has 2 rings (SSSR count). The number of guanidine groups is 1. The zero-order valence-corrected chi connectivity index (χ0v) is 17.5. The van der Waals surface area contributed by atoms with Crippen LogP contribution < -0.4 is 25.0 Å². The minimum atomic E-state index is 0.563. The fourth-order valence-corrected chi connectivity index (χ4v) is 2.82. The molecule has 0 aliphatic carbocycles. The molecular formula is C21H31N5O2. The maximum atomic E-state index is 5.37. The van der Waals surface area contributed by atoms with Crippen LogP contribution in [0.25, 0.3) is 0 Å². The van der Waals surface area contributed by atoms with Crippen molar-refractivity contribution < 1.29 is 9.47 Å². The topological polar surface area (TPSA) is 71.0 Å². The van der Waals surface area contributed by atoms with Gasteiger partial charge in [-0.15, -0.1) is 0 Å². The van der Waals surface area contributed by atoms with E-state index in [-0.39, 0.29) is 0 Å². The number of ether oxygens (including phenoxy) is 2. The second-order valence-electron chi connectivity index (χ2n) is 6.44. The van der Waals surface area contributed by atoms with Gasteiger partial charge in [-0.05, 0) is 37.1 Å². The van der Waals surface area contributed by atoms with E-state index in [0.717, 1.165) is 48.4 Å². The van der Waals surface area contributed by atoms with Crippen LogP contribution >= 0.6 is 0 Å². The molecule has 1 aromatic heterocycles. The van der Waals surface area contributed by atoms with E-state index in [2.05, 4.69) is 28.6 Å². The molecule has 0 aliphatic heterocycles. The molecule has 7 heteroatoms. The van der Waals surface area contributed by atoms with E-state index in [1.165, 1.54) is 5.56 Å². The fraction of sp³-hybridized carbons (Fsp3) is 0.429. The highest BCUT2D eigenvalue weighted by atomic mass is 16.5. The first-order chi connectivity index (χ1) is 13.6. The molecule has 2 aromatic rings. The van der Waals surface area contributed by atoms with Crippen LogP contribution in [0.4, 0.5) is 5.82 Å². The highest BCUT2D eigenvalue weighted by Gasteiger charge is 2.07. The molecule has 1 heterocycles. The molecule has 0 spiro atoms. The van der Waals surface area contributed by atoms with Gasteiger partial charge in [0.15, 0.2) is 17.5 Å². The zero-order chi connectivity index (χ0) is 20.4. The summed E-state index contributed by atoms with van der Waals surface area (Å²) >= 11 is 0. The van der Waals surface area contributed by atoms with Crippen LogP contribution in [0, 0.1) is 0 Å². The quantitative estimate of drug-likeness (QED) is 0.510. The predicted octanol–water partition coefficient (Wildman–Crippen LogP) is 2.46. The Morgan fingerprint density at radius 3 is 2.57 bits per heavy atom. The van der Waals surface area contributed by atoms with E-state index in [0.29, 0.717) is 6.54 Å². The van der Waals surface area contributed by atoms with Gasteiger partial charge in [-0.3, -0.25) is 0 Å². The fourth-order valence-electron chi connectivity index (χ4n) is 2.82. The number of aliphatic imine (C=N–C) groups is 1. The molecular weight excluding hydrogens is 354 g/mol. The number of nitrogens with zero attached hydrogens (tertiary/aromatic N) is 3. The van der Waals surface area contributed by atoms with Crippen LogP contribution in [0.1, 0.15) is 18.1 Å². The van der Waals surface area contributed by atoms with Crippen molar-refractivity contribution in [3.63, 3.8) is 0 Å². The lowest BCUT2D eigenvalue weighted by atomic mass is 10.1. The molecule has 7 nitrogen and oxygen atoms in total. The maximum absolute atomic E-state index is 5.37. The number of aromatic nitrogens is 1. The highest BCUT2D eigenvalue weighted by Crippen LogP contribution is 2.27. The van der Waals surface area contributed by atoms with Crippen LogP contribution in [-0.4, -0.2) is 52.3 Å². The first-order valence-corrected chi connectivity index (χ1v) is 9.43. The second-order valence-corrected chi connectivity index (χ2v) is 6.44. The first-order valence-electron chi connectivity index (χ1n) is 9.43. The van der Waals surface area contributed by atoms with Gasteiger partial charge < -0.3 is 25.0 Å². The van der Waals surface area contributed by atoms with Crippen LogP contribution in [0.15, 0.2) is 41.5 Å². The third-order valence-electron chi connectivity index (χ3n) is 4.20. The summed E-state index contributed by atoms with van der Waals surface area (Å²) in [5.41, 5.74) is 2.26. The molecule has 0 radical (unpaired) electrons. The van der Waals surface area contributed by atoms with Gasteiger partial charge in [0, 0.05) is 38.9 Å². The van der Waals surface area contributed by atoms with Gasteiger partial charge in [-0.1, -0.05) is 12.1 Å². The SMILES string of the molecule is CCNC(=NCc1cccnc1N(C)C)NCCc1ccc(OC)c(OC)c1. The highest BCUT2D eigenvalue weighted by molar-refractivity contribution is 5.79. The van der Waals surface area contributed by atoms with Crippen molar-refractivity contribution in [3.05, 3.63) is 47.7 Å². The lowest BCUT2D eigenvalue weighted by Crippen LogP contribution is -2.38. The third-order valence-corrected chi connectivity index (χ3v) is 4.20. The molecule has 28 heavy (non-hydrogen) atoms. The number of anilines is 1. The Morgan fingerprint density at radius 2 is 1.89 bits per heavy atom. The summed E-state index contributed by atoms with van der Waals surface area (Å²) in [6, 6.07) is 9.97. The van der Waals surface area contributed by atoms with Crippen LogP contribution in [-0.2, 0) is 13.0 Å². The van der Waals surface area contributed by atoms with Gasteiger partial charge in [0.25, 0.3) is 0 Å². The normalized spacial score (nSPS) is 11.1. The van der Waals surface area contributed by atoms with E-state index < -0.39 is 0 Å². The minimum absolute atomic E-state index is 0.563. The number of pyridine rings is 1. The third kappa shape index (κ3) is 6.04. The monoisotopic (exact) mass is 385 g/mol. The van der Waals surface area contributed by atoms with E-state index >= 15 is 0 Å². The van der Waals surface area contributed by atoms with Gasteiger partial charge >= 0.3 is 0 Å². The molecule has 0 atom stereocenters. The molecule has 0 unspecified atom stereocenters. The summed E-state index contributed by atoms with van der Waals surface area (Å²) in [5.74, 6) is 3.21. The number of hydrogen-bond acceptors (Lipinski definition) is 5. The summed E-state index contributed by atoms with van der Waals surface area (Å²) < 4.78 is 10.7. The molecule has 1 aromatic carbocycles. The largest absolute Gasteiger partial charge is 0.493 e. The van der Waals surface area contributed by atoms with Gasteiger partial charge in [-0.2, -0.15) is 0 Å². The Morgan fingerprint density at radius 1 is 1.11 bits per heavy atom. The summed E-state index contributed by atoms with van der Waals surface area (Å²) in [5, 5.41) is 6.68. The predicted molar refractivity (Wildman–Crippen MR) is 115 cm³/mol. The minimum Gasteiger partial charge on any atom is -0.493 e. The second kappa shape index (κ2) is 11.0. The molecule has 0 saturated heterocycles. The number of methoxy groups -OCH3 is 2. The Balaban J connectivity index is 1.99. The van der Waals surface area contributed by atoms with Crippen molar-refractivity contribution in [2.75, 3.05) is 46.3 Å². The van der Waals surface area contributed by atoms with Gasteiger partial charge in [0.1, 0.15) is 5.82 Å². The molecule has 0 fully saturated rings. The van der Waals surface area contributed by atoms with E-state index in [1.807, 2.05) is 43.3 Å². The van der Waals surface area contributed by atoms with Gasteiger partial charge in [0.2, 0.25) is 0 Å². The number of nitrogens with one attached hydrogen (secondary N) is 2. The van der Waals surface area contributed by atoms with Gasteiger partial charge in [-0.25, -0.2) is 9.98 Å². The molecule has 152 valence electrons. The van der Waals surface area contributed by atoms with Crippen molar-refractivity contribution >= 4 is 11.8 Å². The van der Waals surface area contributed by atoms with Crippen molar-refractivity contribution in [2.24, 2.45) is 4.99 Å². The van der Waals surface area contributed by atoms with Crippen LogP contribution in [0.5, 0.6) is 11.5 Å². The van der Waals surface area contributed by atoms with E-state index in [4.69, 9.17) is 14.5 Å². The maximum Gasteiger partial charge on any atom is 0.191 e. The summed E-state index contributed by atoms with van der Waals surface area (Å²) in [4.78, 5) is 11.1. The van der Waals surface area contributed by atoms with E-state index in [1.54, 1.807) is 20.4 Å². The van der Waals surface area contributed by atoms with Crippen LogP contribution in [0.3, 0.4) is 0 Å². The lowest BCUT2D eigenvalue weighted by molar-refractivity contribution is 0.354. The summed E-state index contributed by atoms with van der Waals surface area (Å²) in [6.45, 7) is 4.18. The van der Waals surface area contributed by atoms with Crippen molar-refractivity contribution in [1.82, 2.24) is 15.6 Å². The Kier molecular flexibility index (Phi) is 8.39. The molecule has 0 amide bonds. The number of rotatable bonds is 9. The van der Waals surface area contributed by atoms with Crippen molar-refractivity contribution in [2.45, 2.75) is 19.9 Å². The number of benzene rings is 1. The van der Waals surface area contributed by atoms with E-state index in [9.17, 15) is 0 Å². The Labute approximate surface area is 167 Å². The van der Waals surface area contributed by atoms with Crippen molar-refractivity contribution in [3.8, 4) is 11.5 Å². The average molecular weight is 386 g/mol. The Hall–Kier alpha value is -2.96. The van der Waals surface area contributed by atoms with Crippen molar-refractivity contribution in [1.29, 1.82) is 0 Å². The molecule has 0 saturated carbocycles. The van der Waals surface area contributed by atoms with Crippen LogP contribution in [0.2, 0.25) is 0 Å². The molecule has 0 bridgehead atoms. The number of hydrogen-bond donors (Lipinski definition) is 2. The standard InChI is InChI=1S/C21H31N5O2/c1-6-22-21(25-15-17-8-7-12-23-20(17)26(2)3)24-13-11-16-9-10-18(27-4)19(14-16)28-5/h7-10,12,14H,6,11,13,15H2,1-5H3,(H2,22,24,25).